The number of nitrogens with zero attached hydrogens (tertiary/aromatic N) is 2. The van der Waals surface area contributed by atoms with Gasteiger partial charge in [0.15, 0.2) is 0 Å². The Morgan fingerprint density at radius 1 is 1.17 bits per heavy atom. The quantitative estimate of drug-likeness (QED) is 0.412. The summed E-state index contributed by atoms with van der Waals surface area (Å²) in [5, 5.41) is 25.2. The van der Waals surface area contributed by atoms with E-state index in [1.165, 1.54) is 14.0 Å². The Morgan fingerprint density at radius 3 is 2.28 bits per heavy atom. The van der Waals surface area contributed by atoms with Crippen LogP contribution in [0, 0.1) is 0 Å². The number of amides is 3. The average molecular weight is 421 g/mol. The molecule has 0 spiro atoms. The molecule has 0 aliphatic carbocycles. The number of carbonyl (C=O) groups excluding carboxylic acids is 4. The summed E-state index contributed by atoms with van der Waals surface area (Å²) >= 11 is 0. The molecule has 2 rings (SSSR count). The van der Waals surface area contributed by atoms with E-state index in [1.54, 1.807) is 0 Å². The van der Waals surface area contributed by atoms with Crippen LogP contribution in [0.1, 0.15) is 18.9 Å². The molecular weight excluding hydrogens is 400 g/mol. The van der Waals surface area contributed by atoms with Crippen molar-refractivity contribution in [2.45, 2.75) is 37.9 Å². The number of likely N-dealkylation sites (N-methyl/N-ethyl adjacent to an activating group) is 1. The maximum absolute atomic E-state index is 12.6. The molecule has 146 valence electrons. The SMILES string of the molecule is C[C@H](N[C@@H](CCc1ccccc1)C(=O)[O-])C(=O)N1C(=O)N(C)C[C@H]1C(=O)[O-].[Na+].[Na+]. The molecule has 0 unspecified atom stereocenters. The topological polar surface area (TPSA) is 133 Å². The van der Waals surface area contributed by atoms with Gasteiger partial charge in [-0.05, 0) is 25.3 Å². The second-order valence-electron chi connectivity index (χ2n) is 6.49. The van der Waals surface area contributed by atoms with Crippen LogP contribution in [0.4, 0.5) is 4.79 Å². The Bertz CT molecular complexity index is 734. The molecule has 1 fully saturated rings. The van der Waals surface area contributed by atoms with Crippen molar-refractivity contribution in [1.82, 2.24) is 15.1 Å². The Hall–Kier alpha value is -0.940. The molecule has 1 aromatic carbocycles. The smallest absolute Gasteiger partial charge is 0.548 e. The normalized spacial score (nSPS) is 17.7. The van der Waals surface area contributed by atoms with Gasteiger partial charge in [0, 0.05) is 19.6 Å². The molecule has 0 aromatic heterocycles. The van der Waals surface area contributed by atoms with Gasteiger partial charge in [-0.2, -0.15) is 0 Å². The number of urea groups is 1. The third-order valence-electron chi connectivity index (χ3n) is 4.47. The van der Waals surface area contributed by atoms with E-state index in [1.807, 2.05) is 30.3 Å². The second kappa shape index (κ2) is 12.7. The number of aliphatic carboxylic acids is 2. The van der Waals surface area contributed by atoms with Crippen LogP contribution in [0.3, 0.4) is 0 Å². The predicted octanol–water partition coefficient (Wildman–Crippen LogP) is -8.26. The first-order chi connectivity index (χ1) is 12.7. The first-order valence-electron chi connectivity index (χ1n) is 8.52. The first-order valence-corrected chi connectivity index (χ1v) is 8.52. The minimum absolute atomic E-state index is 0. The number of carboxylic acid groups (broad SMARTS) is 2. The van der Waals surface area contributed by atoms with Crippen LogP contribution in [0.2, 0.25) is 0 Å². The van der Waals surface area contributed by atoms with Gasteiger partial charge in [-0.15, -0.1) is 0 Å². The van der Waals surface area contributed by atoms with Gasteiger partial charge in [-0.1, -0.05) is 30.3 Å². The zero-order valence-electron chi connectivity index (χ0n) is 17.1. The van der Waals surface area contributed by atoms with Crippen molar-refractivity contribution in [3.8, 4) is 0 Å². The predicted molar refractivity (Wildman–Crippen MR) is 89.8 cm³/mol. The zero-order chi connectivity index (χ0) is 20.1. The summed E-state index contributed by atoms with van der Waals surface area (Å²) in [6.07, 6.45) is 0.613. The van der Waals surface area contributed by atoms with Crippen molar-refractivity contribution in [3.63, 3.8) is 0 Å². The van der Waals surface area contributed by atoms with Crippen LogP contribution in [0.5, 0.6) is 0 Å². The van der Waals surface area contributed by atoms with Gasteiger partial charge in [-0.25, -0.2) is 4.79 Å². The fourth-order valence-electron chi connectivity index (χ4n) is 2.97. The van der Waals surface area contributed by atoms with E-state index in [0.29, 0.717) is 11.3 Å². The Labute approximate surface area is 213 Å². The minimum Gasteiger partial charge on any atom is -0.548 e. The molecule has 1 aromatic rings. The zero-order valence-corrected chi connectivity index (χ0v) is 21.1. The number of carboxylic acids is 2. The number of imide groups is 1. The second-order valence-corrected chi connectivity index (χ2v) is 6.49. The monoisotopic (exact) mass is 421 g/mol. The van der Waals surface area contributed by atoms with Gasteiger partial charge in [0.2, 0.25) is 5.91 Å². The molecule has 11 heteroatoms. The first kappa shape index (κ1) is 28.1. The molecule has 1 aliphatic rings. The van der Waals surface area contributed by atoms with Crippen molar-refractivity contribution in [2.75, 3.05) is 13.6 Å². The minimum atomic E-state index is -1.55. The van der Waals surface area contributed by atoms with Gasteiger partial charge in [0.25, 0.3) is 0 Å². The van der Waals surface area contributed by atoms with Crippen molar-refractivity contribution >= 4 is 23.9 Å². The van der Waals surface area contributed by atoms with Crippen LogP contribution in [0.25, 0.3) is 0 Å². The summed E-state index contributed by atoms with van der Waals surface area (Å²) in [4.78, 5) is 49.0. The largest absolute Gasteiger partial charge is 1.00 e. The molecule has 0 radical (unpaired) electrons. The third kappa shape index (κ3) is 7.36. The molecule has 0 bridgehead atoms. The van der Waals surface area contributed by atoms with Gasteiger partial charge in [-0.3, -0.25) is 15.0 Å². The summed E-state index contributed by atoms with van der Waals surface area (Å²) < 4.78 is 0. The Morgan fingerprint density at radius 2 is 1.76 bits per heavy atom. The number of hydrogen-bond donors (Lipinski definition) is 1. The fourth-order valence-corrected chi connectivity index (χ4v) is 2.97. The van der Waals surface area contributed by atoms with Crippen molar-refractivity contribution in [3.05, 3.63) is 35.9 Å². The van der Waals surface area contributed by atoms with Crippen LogP contribution < -0.4 is 74.6 Å². The number of carbonyl (C=O) groups is 4. The summed E-state index contributed by atoms with van der Waals surface area (Å²) in [5.74, 6) is -3.76. The van der Waals surface area contributed by atoms with E-state index in [-0.39, 0.29) is 72.1 Å². The molecule has 29 heavy (non-hydrogen) atoms. The van der Waals surface area contributed by atoms with Crippen LogP contribution in [0.15, 0.2) is 30.3 Å². The number of rotatable bonds is 8. The number of nitrogens with one attached hydrogen (secondary N) is 1. The van der Waals surface area contributed by atoms with Crippen molar-refractivity contribution in [2.24, 2.45) is 0 Å². The Balaban J connectivity index is 0.00000392. The molecule has 9 nitrogen and oxygen atoms in total. The van der Waals surface area contributed by atoms with Gasteiger partial charge in [0.1, 0.15) is 0 Å². The molecule has 3 amide bonds. The van der Waals surface area contributed by atoms with Crippen molar-refractivity contribution in [1.29, 1.82) is 0 Å². The fraction of sp³-hybridized carbons (Fsp3) is 0.444. The van der Waals surface area contributed by atoms with E-state index >= 15 is 0 Å². The van der Waals surface area contributed by atoms with Crippen LogP contribution in [-0.2, 0) is 20.8 Å². The molecule has 1 aliphatic heterocycles. The Kier molecular flexibility index (Phi) is 12.3. The summed E-state index contributed by atoms with van der Waals surface area (Å²) in [7, 11) is 1.37. The van der Waals surface area contributed by atoms with Gasteiger partial charge >= 0.3 is 65.1 Å². The summed E-state index contributed by atoms with van der Waals surface area (Å²) in [6, 6.07) is 4.80. The molecule has 0 saturated carbocycles. The summed E-state index contributed by atoms with van der Waals surface area (Å²) in [6.45, 7) is 1.19. The van der Waals surface area contributed by atoms with E-state index in [2.05, 4.69) is 5.32 Å². The number of benzene rings is 1. The third-order valence-corrected chi connectivity index (χ3v) is 4.47. The van der Waals surface area contributed by atoms with E-state index < -0.39 is 42.0 Å². The van der Waals surface area contributed by atoms with E-state index in [9.17, 15) is 29.4 Å². The maximum Gasteiger partial charge on any atom is 1.00 e. The van der Waals surface area contributed by atoms with Crippen LogP contribution in [-0.4, -0.2) is 65.4 Å². The van der Waals surface area contributed by atoms with Crippen LogP contribution >= 0.6 is 0 Å². The molecule has 3 atom stereocenters. The molecule has 1 saturated heterocycles. The van der Waals surface area contributed by atoms with E-state index in [0.717, 1.165) is 10.5 Å². The maximum atomic E-state index is 12.6. The molecular formula is C18H21N3Na2O6. The average Bonchev–Trinajstić information content (AvgIpc) is 2.93. The number of aryl methyl sites for hydroxylation is 1. The standard InChI is InChI=1S/C18H23N3O6.2Na/c1-11(15(22)21-14(17(25)26)10-20(2)18(21)27)19-13(16(23)24)9-8-12-6-4-3-5-7-12;;/h3-7,11,13-14,19H,8-10H2,1-2H3,(H,23,24)(H,25,26);;/q;2*+1/p-2/t11-,13-,14-;;/m0../s1. The van der Waals surface area contributed by atoms with Gasteiger partial charge in [0.05, 0.1) is 24.0 Å². The molecule has 1 N–H and O–H groups in total. The number of hydrogen-bond acceptors (Lipinski definition) is 7. The molecule has 1 heterocycles. The van der Waals surface area contributed by atoms with Crippen molar-refractivity contribution < 1.29 is 88.5 Å². The summed E-state index contributed by atoms with van der Waals surface area (Å²) in [5.41, 5.74) is 0.929. The van der Waals surface area contributed by atoms with Gasteiger partial charge < -0.3 is 24.7 Å². The van der Waals surface area contributed by atoms with E-state index in [4.69, 9.17) is 0 Å².